The van der Waals surface area contributed by atoms with Gasteiger partial charge in [0, 0.05) is 28.2 Å². The smallest absolute Gasteiger partial charge is 0.266 e. The van der Waals surface area contributed by atoms with Gasteiger partial charge in [-0.1, -0.05) is 60.4 Å². The lowest BCUT2D eigenvalue weighted by Gasteiger charge is -2.14. The second kappa shape index (κ2) is 7.81. The molecule has 0 atom stereocenters. The number of nitrogens with zero attached hydrogens (tertiary/aromatic N) is 2. The van der Waals surface area contributed by atoms with Crippen molar-refractivity contribution in [2.24, 2.45) is 0 Å². The number of amides is 1. The lowest BCUT2D eigenvalue weighted by atomic mass is 10.1. The summed E-state index contributed by atoms with van der Waals surface area (Å²) in [6.07, 6.45) is 3.54. The summed E-state index contributed by atoms with van der Waals surface area (Å²) in [4.78, 5) is 24.8. The maximum Gasteiger partial charge on any atom is 0.266 e. The van der Waals surface area contributed by atoms with Crippen LogP contribution in [0.1, 0.15) is 11.1 Å². The zero-order chi connectivity index (χ0) is 20.5. The van der Waals surface area contributed by atoms with Gasteiger partial charge >= 0.3 is 0 Å². The van der Waals surface area contributed by atoms with Gasteiger partial charge in [-0.15, -0.1) is 0 Å². The second-order valence-electron chi connectivity index (χ2n) is 6.46. The Morgan fingerprint density at radius 3 is 2.66 bits per heavy atom. The van der Waals surface area contributed by atoms with Crippen LogP contribution < -0.4 is 5.11 Å². The zero-order valence-corrected chi connectivity index (χ0v) is 16.6. The van der Waals surface area contributed by atoms with Crippen molar-refractivity contribution < 1.29 is 19.1 Å². The molecule has 1 aliphatic heterocycles. The molecule has 1 fully saturated rings. The molecule has 8 heteroatoms. The molecule has 0 saturated carbocycles. The summed E-state index contributed by atoms with van der Waals surface area (Å²) in [5.41, 5.74) is 2.22. The normalized spacial score (nSPS) is 15.6. The molecule has 1 saturated heterocycles. The summed E-state index contributed by atoms with van der Waals surface area (Å²) < 4.78 is 16.2. The molecule has 0 bridgehead atoms. The second-order valence-corrected chi connectivity index (χ2v) is 8.14. The molecule has 3 aromatic rings. The van der Waals surface area contributed by atoms with E-state index in [2.05, 4.69) is 0 Å². The number of rotatable bonds is 5. The number of hydrogen-bond donors (Lipinski definition) is 0. The van der Waals surface area contributed by atoms with Crippen molar-refractivity contribution in [1.29, 1.82) is 0 Å². The molecule has 4 rings (SSSR count). The SMILES string of the molecule is O=C([O-])CN1C(=O)/C(=C\c2cn(Cc3ccccc3F)c3ccccc23)SC1=S. The van der Waals surface area contributed by atoms with E-state index in [0.29, 0.717) is 17.0 Å². The molecule has 0 radical (unpaired) electrons. The fourth-order valence-corrected chi connectivity index (χ4v) is 4.48. The predicted octanol–water partition coefficient (Wildman–Crippen LogP) is 2.78. The van der Waals surface area contributed by atoms with E-state index in [9.17, 15) is 19.1 Å². The number of thiocarbonyl (C=S) groups is 1. The Bertz CT molecular complexity index is 1190. The van der Waals surface area contributed by atoms with Gasteiger partial charge in [-0.05, 0) is 18.2 Å². The van der Waals surface area contributed by atoms with Crippen LogP contribution in [0.3, 0.4) is 0 Å². The number of hydrogen-bond acceptors (Lipinski definition) is 5. The lowest BCUT2D eigenvalue weighted by Crippen LogP contribution is -2.40. The highest BCUT2D eigenvalue weighted by Gasteiger charge is 2.32. The van der Waals surface area contributed by atoms with E-state index in [0.717, 1.165) is 33.1 Å². The van der Waals surface area contributed by atoms with Crippen molar-refractivity contribution in [3.8, 4) is 0 Å². The number of carboxylic acid groups (broad SMARTS) is 1. The number of carbonyl (C=O) groups is 2. The molecule has 0 aliphatic carbocycles. The first-order valence-electron chi connectivity index (χ1n) is 8.70. The molecule has 29 heavy (non-hydrogen) atoms. The summed E-state index contributed by atoms with van der Waals surface area (Å²) in [6.45, 7) is -0.232. The molecule has 0 unspecified atom stereocenters. The van der Waals surface area contributed by atoms with Crippen LogP contribution >= 0.6 is 24.0 Å². The van der Waals surface area contributed by atoms with Crippen LogP contribution in [-0.4, -0.2) is 32.2 Å². The first kappa shape index (κ1) is 19.4. The van der Waals surface area contributed by atoms with E-state index in [1.54, 1.807) is 24.3 Å². The predicted molar refractivity (Wildman–Crippen MR) is 112 cm³/mol. The molecule has 2 aromatic carbocycles. The zero-order valence-electron chi connectivity index (χ0n) is 15.0. The van der Waals surface area contributed by atoms with Crippen molar-refractivity contribution in [1.82, 2.24) is 9.47 Å². The van der Waals surface area contributed by atoms with Crippen molar-refractivity contribution in [3.63, 3.8) is 0 Å². The highest BCUT2D eigenvalue weighted by molar-refractivity contribution is 8.26. The van der Waals surface area contributed by atoms with Crippen molar-refractivity contribution in [2.45, 2.75) is 6.54 Å². The van der Waals surface area contributed by atoms with Crippen LogP contribution in [0, 0.1) is 5.82 Å². The lowest BCUT2D eigenvalue weighted by molar-refractivity contribution is -0.305. The molecule has 1 aliphatic rings. The van der Waals surface area contributed by atoms with Crippen LogP contribution in [0.5, 0.6) is 0 Å². The van der Waals surface area contributed by atoms with Gasteiger partial charge in [0.2, 0.25) is 0 Å². The van der Waals surface area contributed by atoms with Crippen LogP contribution in [0.15, 0.2) is 59.6 Å². The van der Waals surface area contributed by atoms with Gasteiger partial charge in [-0.25, -0.2) is 4.39 Å². The van der Waals surface area contributed by atoms with Crippen LogP contribution in [-0.2, 0) is 16.1 Å². The van der Waals surface area contributed by atoms with Gasteiger partial charge < -0.3 is 14.5 Å². The van der Waals surface area contributed by atoms with Gasteiger partial charge in [-0.3, -0.25) is 9.69 Å². The number of benzene rings is 2. The van der Waals surface area contributed by atoms with E-state index in [1.807, 2.05) is 35.0 Å². The Labute approximate surface area is 175 Å². The monoisotopic (exact) mass is 425 g/mol. The van der Waals surface area contributed by atoms with Gasteiger partial charge in [-0.2, -0.15) is 0 Å². The van der Waals surface area contributed by atoms with Crippen LogP contribution in [0.25, 0.3) is 17.0 Å². The maximum atomic E-state index is 14.1. The summed E-state index contributed by atoms with van der Waals surface area (Å²) in [7, 11) is 0. The third kappa shape index (κ3) is 3.81. The van der Waals surface area contributed by atoms with Crippen molar-refractivity contribution in [3.05, 3.63) is 76.6 Å². The molecule has 146 valence electrons. The van der Waals surface area contributed by atoms with E-state index in [1.165, 1.54) is 6.07 Å². The fourth-order valence-electron chi connectivity index (χ4n) is 3.24. The Morgan fingerprint density at radius 1 is 1.17 bits per heavy atom. The van der Waals surface area contributed by atoms with Crippen LogP contribution in [0.2, 0.25) is 0 Å². The number of aromatic nitrogens is 1. The molecule has 0 spiro atoms. The maximum absolute atomic E-state index is 14.1. The van der Waals surface area contributed by atoms with E-state index in [4.69, 9.17) is 12.2 Å². The minimum absolute atomic E-state index is 0.181. The third-order valence-corrected chi connectivity index (χ3v) is 5.94. The number of carboxylic acids is 1. The van der Waals surface area contributed by atoms with Crippen LogP contribution in [0.4, 0.5) is 4.39 Å². The first-order chi connectivity index (χ1) is 13.9. The minimum atomic E-state index is -1.37. The topological polar surface area (TPSA) is 65.4 Å². The molecule has 1 aromatic heterocycles. The average molecular weight is 425 g/mol. The Balaban J connectivity index is 1.73. The van der Waals surface area contributed by atoms with E-state index >= 15 is 0 Å². The summed E-state index contributed by atoms with van der Waals surface area (Å²) >= 11 is 6.17. The first-order valence-corrected chi connectivity index (χ1v) is 9.93. The van der Waals surface area contributed by atoms with Gasteiger partial charge in [0.25, 0.3) is 5.91 Å². The Hall–Kier alpha value is -2.97. The fraction of sp³-hybridized carbons (Fsp3) is 0.0952. The Morgan fingerprint density at radius 2 is 1.90 bits per heavy atom. The Kier molecular flexibility index (Phi) is 5.21. The third-order valence-electron chi connectivity index (χ3n) is 4.57. The molecular formula is C21H14FN2O3S2-. The van der Waals surface area contributed by atoms with Crippen molar-refractivity contribution in [2.75, 3.05) is 6.54 Å². The summed E-state index contributed by atoms with van der Waals surface area (Å²) in [5, 5.41) is 11.8. The summed E-state index contributed by atoms with van der Waals surface area (Å²) in [6, 6.07) is 14.2. The number of thioether (sulfide) groups is 1. The standard InChI is InChI=1S/C21H15FN2O3S2/c22-16-7-3-1-5-13(16)10-23-11-14(15-6-2-4-8-17(15)23)9-18-20(27)24(12-19(25)26)21(28)29-18/h1-9,11H,10,12H2,(H,25,26)/p-1/b18-9+. The molecule has 1 amide bonds. The van der Waals surface area contributed by atoms with Gasteiger partial charge in [0.15, 0.2) is 0 Å². The molecular weight excluding hydrogens is 411 g/mol. The molecule has 0 N–H and O–H groups in total. The molecule has 5 nitrogen and oxygen atoms in total. The number of aliphatic carboxylic acids is 1. The van der Waals surface area contributed by atoms with Crippen molar-refractivity contribution >= 4 is 57.2 Å². The quantitative estimate of drug-likeness (QED) is 0.465. The number of carbonyl (C=O) groups excluding carboxylic acids is 2. The average Bonchev–Trinajstić information content (AvgIpc) is 3.16. The largest absolute Gasteiger partial charge is 0.548 e. The molecule has 2 heterocycles. The van der Waals surface area contributed by atoms with E-state index in [-0.39, 0.29) is 10.1 Å². The highest BCUT2D eigenvalue weighted by Crippen LogP contribution is 2.34. The number of fused-ring (bicyclic) bond motifs is 1. The van der Waals surface area contributed by atoms with Gasteiger partial charge in [0.1, 0.15) is 10.1 Å². The number of para-hydroxylation sites is 1. The number of halogens is 1. The summed E-state index contributed by atoms with van der Waals surface area (Å²) in [5.74, 6) is -2.12. The van der Waals surface area contributed by atoms with Gasteiger partial charge in [0.05, 0.1) is 24.0 Å². The van der Waals surface area contributed by atoms with E-state index < -0.39 is 18.4 Å². The minimum Gasteiger partial charge on any atom is -0.548 e. The highest BCUT2D eigenvalue weighted by atomic mass is 32.2.